The van der Waals surface area contributed by atoms with E-state index in [0.717, 1.165) is 42.9 Å². The lowest BCUT2D eigenvalue weighted by atomic mass is 9.74. The molecule has 2 N–H and O–H groups in total. The van der Waals surface area contributed by atoms with Crippen LogP contribution in [0.25, 0.3) is 0 Å². The van der Waals surface area contributed by atoms with E-state index < -0.39 is 0 Å². The molecule has 0 radical (unpaired) electrons. The zero-order chi connectivity index (χ0) is 13.7. The van der Waals surface area contributed by atoms with Crippen LogP contribution in [0.5, 0.6) is 0 Å². The Bertz CT molecular complexity index is 250. The molecule has 2 nitrogen and oxygen atoms in total. The molecule has 2 aliphatic rings. The summed E-state index contributed by atoms with van der Waals surface area (Å²) in [5.74, 6) is 3.62. The Labute approximate surface area is 119 Å². The fourth-order valence-corrected chi connectivity index (χ4v) is 3.60. The quantitative estimate of drug-likeness (QED) is 0.673. The summed E-state index contributed by atoms with van der Waals surface area (Å²) >= 11 is 0. The molecule has 0 unspecified atom stereocenters. The normalized spacial score (nSPS) is 31.9. The molecule has 2 saturated carbocycles. The minimum absolute atomic E-state index is 0.847. The van der Waals surface area contributed by atoms with Gasteiger partial charge in [0.1, 0.15) is 0 Å². The lowest BCUT2D eigenvalue weighted by Crippen LogP contribution is -2.92. The highest BCUT2D eigenvalue weighted by Crippen LogP contribution is 2.31. The summed E-state index contributed by atoms with van der Waals surface area (Å²) in [7, 11) is 0. The fraction of sp³-hybridized carbons (Fsp3) is 1.00. The molecule has 2 fully saturated rings. The average molecular weight is 268 g/mol. The van der Waals surface area contributed by atoms with Gasteiger partial charge >= 0.3 is 0 Å². The minimum Gasteiger partial charge on any atom is -0.381 e. The first-order chi connectivity index (χ1) is 9.16. The second-order valence-corrected chi connectivity index (χ2v) is 7.39. The van der Waals surface area contributed by atoms with Crippen LogP contribution >= 0.6 is 0 Å². The maximum Gasteiger partial charge on any atom is 0.0892 e. The van der Waals surface area contributed by atoms with Gasteiger partial charge in [-0.2, -0.15) is 0 Å². The van der Waals surface area contributed by atoms with Crippen LogP contribution < -0.4 is 5.32 Å². The second-order valence-electron chi connectivity index (χ2n) is 7.39. The first-order valence-corrected chi connectivity index (χ1v) is 8.58. The van der Waals surface area contributed by atoms with E-state index in [9.17, 15) is 0 Å². The van der Waals surface area contributed by atoms with Crippen LogP contribution in [0.2, 0.25) is 0 Å². The van der Waals surface area contributed by atoms with Crippen molar-refractivity contribution in [1.29, 1.82) is 0 Å². The van der Waals surface area contributed by atoms with Gasteiger partial charge in [0.2, 0.25) is 0 Å². The molecule has 19 heavy (non-hydrogen) atoms. The Morgan fingerprint density at radius 3 is 2.63 bits per heavy atom. The van der Waals surface area contributed by atoms with Gasteiger partial charge in [-0.05, 0) is 43.4 Å². The van der Waals surface area contributed by atoms with E-state index in [1.807, 2.05) is 0 Å². The molecule has 0 aromatic carbocycles. The summed E-state index contributed by atoms with van der Waals surface area (Å²) in [6.07, 6.45) is 8.34. The van der Waals surface area contributed by atoms with E-state index in [2.05, 4.69) is 26.1 Å². The molecular weight excluding hydrogens is 234 g/mol. The number of ether oxygens (including phenoxy) is 1. The van der Waals surface area contributed by atoms with Crippen molar-refractivity contribution in [2.24, 2.45) is 23.7 Å². The number of hydrogen-bond donors (Lipinski definition) is 1. The number of nitrogens with two attached hydrogens (primary N) is 1. The molecule has 0 saturated heterocycles. The Morgan fingerprint density at radius 1 is 1.16 bits per heavy atom. The third kappa shape index (κ3) is 5.43. The molecule has 0 amide bonds. The standard InChI is InChI=1S/C17H33NO/c1-13(2)16-8-5-14(3)11-17(16)18-9-4-10-19-12-15-6-7-15/h13-18H,4-12H2,1-3H3/p+1/t14-,16-,17+/m0/s1. The van der Waals surface area contributed by atoms with Crippen LogP contribution in [0.3, 0.4) is 0 Å². The van der Waals surface area contributed by atoms with E-state index in [0.29, 0.717) is 0 Å². The lowest BCUT2D eigenvalue weighted by molar-refractivity contribution is -0.700. The van der Waals surface area contributed by atoms with Crippen molar-refractivity contribution < 1.29 is 10.1 Å². The molecule has 0 aromatic heterocycles. The summed E-state index contributed by atoms with van der Waals surface area (Å²) in [5, 5.41) is 2.63. The Kier molecular flexibility index (Phi) is 6.15. The Hall–Kier alpha value is -0.0800. The second kappa shape index (κ2) is 7.64. The summed E-state index contributed by atoms with van der Waals surface area (Å²) in [5.41, 5.74) is 0. The third-order valence-electron chi connectivity index (χ3n) is 5.09. The summed E-state index contributed by atoms with van der Waals surface area (Å²) < 4.78 is 5.72. The van der Waals surface area contributed by atoms with Gasteiger partial charge in [0.05, 0.1) is 19.2 Å². The highest BCUT2D eigenvalue weighted by Gasteiger charge is 2.32. The van der Waals surface area contributed by atoms with Crippen LogP contribution in [0.4, 0.5) is 0 Å². The maximum atomic E-state index is 5.72. The zero-order valence-electron chi connectivity index (χ0n) is 13.2. The molecular formula is C17H34NO+. The van der Waals surface area contributed by atoms with E-state index in [1.165, 1.54) is 45.1 Å². The van der Waals surface area contributed by atoms with Gasteiger partial charge in [-0.3, -0.25) is 0 Å². The summed E-state index contributed by atoms with van der Waals surface area (Å²) in [4.78, 5) is 0. The van der Waals surface area contributed by atoms with Crippen molar-refractivity contribution in [3.05, 3.63) is 0 Å². The fourth-order valence-electron chi connectivity index (χ4n) is 3.60. The van der Waals surface area contributed by atoms with Crippen molar-refractivity contribution >= 4 is 0 Å². The number of quaternary nitrogens is 1. The van der Waals surface area contributed by atoms with E-state index in [1.54, 1.807) is 0 Å². The van der Waals surface area contributed by atoms with Gasteiger partial charge < -0.3 is 10.1 Å². The zero-order valence-corrected chi connectivity index (χ0v) is 13.2. The van der Waals surface area contributed by atoms with Crippen molar-refractivity contribution in [3.8, 4) is 0 Å². The molecule has 2 heteroatoms. The minimum atomic E-state index is 0.847. The van der Waals surface area contributed by atoms with Gasteiger partial charge in [0.15, 0.2) is 0 Å². The molecule has 112 valence electrons. The van der Waals surface area contributed by atoms with Gasteiger partial charge in [-0.1, -0.05) is 20.8 Å². The van der Waals surface area contributed by atoms with Crippen LogP contribution in [-0.2, 0) is 4.74 Å². The van der Waals surface area contributed by atoms with Crippen LogP contribution in [0.1, 0.15) is 59.3 Å². The van der Waals surface area contributed by atoms with Gasteiger partial charge in [0.25, 0.3) is 0 Å². The Balaban J connectivity index is 1.58. The van der Waals surface area contributed by atoms with Gasteiger partial charge in [0, 0.05) is 25.4 Å². The predicted octanol–water partition coefficient (Wildman–Crippen LogP) is 2.83. The maximum absolute atomic E-state index is 5.72. The first kappa shape index (κ1) is 15.3. The third-order valence-corrected chi connectivity index (χ3v) is 5.09. The highest BCUT2D eigenvalue weighted by molar-refractivity contribution is 4.79. The lowest BCUT2D eigenvalue weighted by Gasteiger charge is -2.35. The van der Waals surface area contributed by atoms with E-state index >= 15 is 0 Å². The van der Waals surface area contributed by atoms with Crippen LogP contribution in [0, 0.1) is 23.7 Å². The largest absolute Gasteiger partial charge is 0.381 e. The molecule has 0 spiro atoms. The van der Waals surface area contributed by atoms with E-state index in [4.69, 9.17) is 4.74 Å². The van der Waals surface area contributed by atoms with E-state index in [-0.39, 0.29) is 0 Å². The Morgan fingerprint density at radius 2 is 1.95 bits per heavy atom. The van der Waals surface area contributed by atoms with Gasteiger partial charge in [-0.15, -0.1) is 0 Å². The molecule has 2 rings (SSSR count). The summed E-state index contributed by atoms with van der Waals surface area (Å²) in [6.45, 7) is 10.5. The average Bonchev–Trinajstić information content (AvgIpc) is 3.17. The first-order valence-electron chi connectivity index (χ1n) is 8.58. The predicted molar refractivity (Wildman–Crippen MR) is 80.1 cm³/mol. The number of rotatable bonds is 8. The molecule has 0 aromatic rings. The molecule has 3 atom stereocenters. The topological polar surface area (TPSA) is 25.8 Å². The molecule has 2 aliphatic carbocycles. The van der Waals surface area contributed by atoms with Crippen molar-refractivity contribution in [2.75, 3.05) is 19.8 Å². The smallest absolute Gasteiger partial charge is 0.0892 e. The highest BCUT2D eigenvalue weighted by atomic mass is 16.5. The van der Waals surface area contributed by atoms with Crippen molar-refractivity contribution in [2.45, 2.75) is 65.3 Å². The van der Waals surface area contributed by atoms with Crippen LogP contribution in [-0.4, -0.2) is 25.8 Å². The molecule has 0 heterocycles. The number of hydrogen-bond acceptors (Lipinski definition) is 1. The molecule has 0 aliphatic heterocycles. The van der Waals surface area contributed by atoms with Crippen molar-refractivity contribution in [3.63, 3.8) is 0 Å². The SMILES string of the molecule is CC(C)[C@@H]1CC[C@H](C)C[C@H]1[NH2+]CCCOCC1CC1. The van der Waals surface area contributed by atoms with Crippen molar-refractivity contribution in [1.82, 2.24) is 0 Å². The van der Waals surface area contributed by atoms with Gasteiger partial charge in [-0.25, -0.2) is 0 Å². The van der Waals surface area contributed by atoms with Crippen LogP contribution in [0.15, 0.2) is 0 Å². The molecule has 0 bridgehead atoms. The monoisotopic (exact) mass is 268 g/mol. The summed E-state index contributed by atoms with van der Waals surface area (Å²) in [6, 6.07) is 0.868.